The predicted octanol–water partition coefficient (Wildman–Crippen LogP) is 2.89. The number of aromatic carboxylic acids is 1. The Hall–Kier alpha value is -2.74. The summed E-state index contributed by atoms with van der Waals surface area (Å²) in [7, 11) is 0. The minimum Gasteiger partial charge on any atom is -0.478 e. The zero-order valence-electron chi connectivity index (χ0n) is 13.8. The van der Waals surface area contributed by atoms with Crippen LogP contribution in [0.4, 0.5) is 10.1 Å². The largest absolute Gasteiger partial charge is 0.478 e. The maximum Gasteiger partial charge on any atom is 0.335 e. The van der Waals surface area contributed by atoms with E-state index in [9.17, 15) is 18.8 Å². The van der Waals surface area contributed by atoms with E-state index < -0.39 is 17.7 Å². The number of anilines is 1. The molecule has 1 aromatic carbocycles. The van der Waals surface area contributed by atoms with Gasteiger partial charge < -0.3 is 15.3 Å². The number of thiophene rings is 1. The zero-order valence-corrected chi connectivity index (χ0v) is 14.6. The van der Waals surface area contributed by atoms with E-state index in [4.69, 9.17) is 5.11 Å². The number of carbonyl (C=O) groups is 3. The highest BCUT2D eigenvalue weighted by Gasteiger charge is 2.22. The Kier molecular flexibility index (Phi) is 5.32. The average molecular weight is 376 g/mol. The van der Waals surface area contributed by atoms with E-state index in [-0.39, 0.29) is 30.0 Å². The Morgan fingerprint density at radius 3 is 2.81 bits per heavy atom. The Morgan fingerprint density at radius 2 is 2.04 bits per heavy atom. The normalized spacial score (nSPS) is 13.2. The Morgan fingerprint density at radius 1 is 1.23 bits per heavy atom. The Labute approximate surface area is 153 Å². The van der Waals surface area contributed by atoms with Gasteiger partial charge in [0.1, 0.15) is 5.82 Å². The molecule has 0 bridgehead atoms. The van der Waals surface area contributed by atoms with Crippen molar-refractivity contribution in [2.45, 2.75) is 25.8 Å². The summed E-state index contributed by atoms with van der Waals surface area (Å²) in [5.41, 5.74) is 0.813. The van der Waals surface area contributed by atoms with Crippen molar-refractivity contribution >= 4 is 34.8 Å². The number of fused-ring (bicyclic) bond motifs is 1. The van der Waals surface area contributed by atoms with Crippen molar-refractivity contribution in [1.82, 2.24) is 4.90 Å². The third kappa shape index (κ3) is 4.08. The van der Waals surface area contributed by atoms with Gasteiger partial charge in [0.25, 0.3) is 0 Å². The van der Waals surface area contributed by atoms with E-state index in [1.807, 2.05) is 11.4 Å². The smallest absolute Gasteiger partial charge is 0.335 e. The fourth-order valence-corrected chi connectivity index (χ4v) is 3.70. The van der Waals surface area contributed by atoms with Crippen molar-refractivity contribution in [3.05, 3.63) is 51.5 Å². The molecule has 0 aliphatic carbocycles. The Bertz CT molecular complexity index is 865. The van der Waals surface area contributed by atoms with Crippen molar-refractivity contribution in [1.29, 1.82) is 0 Å². The minimum absolute atomic E-state index is 0.0194. The maximum atomic E-state index is 13.7. The monoisotopic (exact) mass is 376 g/mol. The van der Waals surface area contributed by atoms with Gasteiger partial charge in [-0.3, -0.25) is 9.59 Å². The number of halogens is 1. The van der Waals surface area contributed by atoms with Crippen LogP contribution in [0.3, 0.4) is 0 Å². The molecule has 0 atom stereocenters. The van der Waals surface area contributed by atoms with Crippen LogP contribution in [0.2, 0.25) is 0 Å². The van der Waals surface area contributed by atoms with Crippen LogP contribution in [0.1, 0.15) is 33.6 Å². The number of amides is 2. The molecule has 136 valence electrons. The number of rotatable bonds is 5. The number of hydrogen-bond donors (Lipinski definition) is 2. The van der Waals surface area contributed by atoms with Gasteiger partial charge in [-0.05, 0) is 41.6 Å². The molecular formula is C18H17FN2O4S. The summed E-state index contributed by atoms with van der Waals surface area (Å²) < 4.78 is 13.7. The molecule has 0 unspecified atom stereocenters. The van der Waals surface area contributed by atoms with Gasteiger partial charge in [-0.25, -0.2) is 9.18 Å². The van der Waals surface area contributed by atoms with Crippen LogP contribution in [0.25, 0.3) is 0 Å². The lowest BCUT2D eigenvalue weighted by atomic mass is 10.1. The lowest BCUT2D eigenvalue weighted by Gasteiger charge is -2.27. The van der Waals surface area contributed by atoms with E-state index in [1.165, 1.54) is 4.88 Å². The molecule has 0 spiro atoms. The molecule has 1 aromatic heterocycles. The second-order valence-corrected chi connectivity index (χ2v) is 6.98. The lowest BCUT2D eigenvalue weighted by Crippen LogP contribution is -2.35. The second-order valence-electron chi connectivity index (χ2n) is 5.98. The summed E-state index contributed by atoms with van der Waals surface area (Å²) in [4.78, 5) is 38.2. The maximum absolute atomic E-state index is 13.7. The third-order valence-corrected chi connectivity index (χ3v) is 5.24. The molecule has 2 N–H and O–H groups in total. The molecule has 1 aliphatic heterocycles. The van der Waals surface area contributed by atoms with Gasteiger partial charge in [0.05, 0.1) is 11.3 Å². The van der Waals surface area contributed by atoms with Gasteiger partial charge in [0.2, 0.25) is 11.8 Å². The summed E-state index contributed by atoms with van der Waals surface area (Å²) in [6.45, 7) is 1.18. The van der Waals surface area contributed by atoms with Crippen LogP contribution in [0.15, 0.2) is 29.6 Å². The van der Waals surface area contributed by atoms with Crippen LogP contribution in [0.5, 0.6) is 0 Å². The van der Waals surface area contributed by atoms with E-state index in [0.717, 1.165) is 30.2 Å². The van der Waals surface area contributed by atoms with Crippen molar-refractivity contribution in [2.75, 3.05) is 11.9 Å². The molecule has 0 fully saturated rings. The quantitative estimate of drug-likeness (QED) is 0.840. The first-order valence-electron chi connectivity index (χ1n) is 8.10. The fourth-order valence-electron chi connectivity index (χ4n) is 2.81. The summed E-state index contributed by atoms with van der Waals surface area (Å²) in [6.07, 6.45) is 0.742. The van der Waals surface area contributed by atoms with Crippen molar-refractivity contribution in [2.24, 2.45) is 0 Å². The average Bonchev–Trinajstić information content (AvgIpc) is 3.09. The molecule has 6 nitrogen and oxygen atoms in total. The SMILES string of the molecule is O=C(CCC(=O)N1CCc2sccc2C1)Nc1cc(C(=O)O)ccc1F. The molecule has 1 aliphatic rings. The summed E-state index contributed by atoms with van der Waals surface area (Å²) >= 11 is 1.68. The Balaban J connectivity index is 1.54. The van der Waals surface area contributed by atoms with Gasteiger partial charge in [-0.15, -0.1) is 11.3 Å². The number of carbonyl (C=O) groups excluding carboxylic acids is 2. The van der Waals surface area contributed by atoms with Crippen molar-refractivity contribution in [3.63, 3.8) is 0 Å². The molecule has 2 amide bonds. The molecule has 3 rings (SSSR count). The first-order valence-corrected chi connectivity index (χ1v) is 8.97. The first-order chi connectivity index (χ1) is 12.4. The van der Waals surface area contributed by atoms with Crippen LogP contribution in [-0.4, -0.2) is 34.3 Å². The van der Waals surface area contributed by atoms with Crippen LogP contribution in [0, 0.1) is 5.82 Å². The minimum atomic E-state index is -1.21. The number of nitrogens with one attached hydrogen (secondary N) is 1. The molecule has 2 aromatic rings. The zero-order chi connectivity index (χ0) is 18.7. The highest BCUT2D eigenvalue weighted by atomic mass is 32.1. The van der Waals surface area contributed by atoms with Crippen LogP contribution < -0.4 is 5.32 Å². The third-order valence-electron chi connectivity index (χ3n) is 4.21. The molecule has 2 heterocycles. The van der Waals surface area contributed by atoms with E-state index >= 15 is 0 Å². The predicted molar refractivity (Wildman–Crippen MR) is 94.7 cm³/mol. The van der Waals surface area contributed by atoms with Gasteiger partial charge >= 0.3 is 5.97 Å². The molecule has 26 heavy (non-hydrogen) atoms. The summed E-state index contributed by atoms with van der Waals surface area (Å²) in [6, 6.07) is 5.16. The number of carboxylic acids is 1. The van der Waals surface area contributed by atoms with Gasteiger partial charge in [-0.2, -0.15) is 0 Å². The molecule has 0 saturated heterocycles. The molecule has 0 saturated carbocycles. The topological polar surface area (TPSA) is 86.7 Å². The molecular weight excluding hydrogens is 359 g/mol. The number of hydrogen-bond acceptors (Lipinski definition) is 4. The number of carboxylic acid groups (broad SMARTS) is 1. The van der Waals surface area contributed by atoms with Crippen molar-refractivity contribution < 1.29 is 23.9 Å². The van der Waals surface area contributed by atoms with E-state index in [1.54, 1.807) is 16.2 Å². The lowest BCUT2D eigenvalue weighted by molar-refractivity contribution is -0.133. The van der Waals surface area contributed by atoms with E-state index in [2.05, 4.69) is 5.32 Å². The number of benzene rings is 1. The summed E-state index contributed by atoms with van der Waals surface area (Å²) in [5.74, 6) is -2.60. The van der Waals surface area contributed by atoms with E-state index in [0.29, 0.717) is 13.1 Å². The molecule has 8 heteroatoms. The fraction of sp³-hybridized carbons (Fsp3) is 0.278. The number of nitrogens with zero attached hydrogens (tertiary/aromatic N) is 1. The van der Waals surface area contributed by atoms with Crippen LogP contribution in [-0.2, 0) is 22.6 Å². The second kappa shape index (κ2) is 7.65. The van der Waals surface area contributed by atoms with Gasteiger partial charge in [0.15, 0.2) is 0 Å². The molecule has 0 radical (unpaired) electrons. The van der Waals surface area contributed by atoms with Crippen LogP contribution >= 0.6 is 11.3 Å². The highest BCUT2D eigenvalue weighted by molar-refractivity contribution is 7.10. The van der Waals surface area contributed by atoms with Gasteiger partial charge in [-0.1, -0.05) is 0 Å². The van der Waals surface area contributed by atoms with Gasteiger partial charge in [0, 0.05) is 30.8 Å². The first kappa shape index (κ1) is 18.1. The standard InChI is InChI=1S/C18H17FN2O4S/c19-13-2-1-11(18(24)25)9-14(13)20-16(22)3-4-17(23)21-7-5-15-12(10-21)6-8-26-15/h1-2,6,8-9H,3-5,7,10H2,(H,20,22)(H,24,25). The van der Waals surface area contributed by atoms with Crippen molar-refractivity contribution in [3.8, 4) is 0 Å². The summed E-state index contributed by atoms with van der Waals surface area (Å²) in [5, 5.41) is 13.3. The highest BCUT2D eigenvalue weighted by Crippen LogP contribution is 2.24.